The van der Waals surface area contributed by atoms with Gasteiger partial charge in [-0.3, -0.25) is 14.4 Å². The third kappa shape index (κ3) is 5.40. The molecule has 9 heteroatoms. The summed E-state index contributed by atoms with van der Waals surface area (Å²) in [6, 6.07) is 7.25. The zero-order chi connectivity index (χ0) is 19.1. The van der Waals surface area contributed by atoms with Crippen molar-refractivity contribution in [3.05, 3.63) is 47.3 Å². The van der Waals surface area contributed by atoms with Crippen LogP contribution in [0.1, 0.15) is 26.4 Å². The maximum absolute atomic E-state index is 12.0. The molecule has 9 nitrogen and oxygen atoms in total. The summed E-state index contributed by atoms with van der Waals surface area (Å²) < 4.78 is 1.30. The van der Waals surface area contributed by atoms with Crippen LogP contribution in [0.2, 0.25) is 0 Å². The first-order valence-corrected chi connectivity index (χ1v) is 8.10. The number of nitrogens with zero attached hydrogens (tertiary/aromatic N) is 4. The minimum atomic E-state index is -0.418. The Labute approximate surface area is 151 Å². The standard InChI is InChI=1S/C17H22N6O3/c1-12-5-4-6-13(9-12)16(25)18-7-8-19-17(26)14-10-23(21-20-14)11-15(24)22(2)3/h4-6,9-10H,7-8,11H2,1-3H3,(H,18,25)(H,19,26). The minimum absolute atomic E-state index is 0.0137. The molecule has 1 aromatic heterocycles. The molecule has 138 valence electrons. The lowest BCUT2D eigenvalue weighted by Gasteiger charge is -2.08. The predicted molar refractivity (Wildman–Crippen MR) is 94.6 cm³/mol. The van der Waals surface area contributed by atoms with E-state index in [4.69, 9.17) is 0 Å². The van der Waals surface area contributed by atoms with Crippen LogP contribution < -0.4 is 10.6 Å². The Kier molecular flexibility index (Phi) is 6.42. The highest BCUT2D eigenvalue weighted by Gasteiger charge is 2.13. The fraction of sp³-hybridized carbons (Fsp3) is 0.353. The highest BCUT2D eigenvalue weighted by molar-refractivity contribution is 5.94. The third-order valence-electron chi connectivity index (χ3n) is 3.54. The summed E-state index contributed by atoms with van der Waals surface area (Å²) in [4.78, 5) is 37.0. The van der Waals surface area contributed by atoms with Crippen molar-refractivity contribution in [3.63, 3.8) is 0 Å². The average Bonchev–Trinajstić information content (AvgIpc) is 3.06. The molecule has 2 N–H and O–H groups in total. The normalized spacial score (nSPS) is 10.3. The number of likely N-dealkylation sites (N-methyl/N-ethyl adjacent to an activating group) is 1. The van der Waals surface area contributed by atoms with Gasteiger partial charge in [0.25, 0.3) is 11.8 Å². The van der Waals surface area contributed by atoms with Gasteiger partial charge in [-0.1, -0.05) is 22.9 Å². The van der Waals surface area contributed by atoms with Gasteiger partial charge in [0.05, 0.1) is 6.20 Å². The van der Waals surface area contributed by atoms with E-state index in [9.17, 15) is 14.4 Å². The topological polar surface area (TPSA) is 109 Å². The van der Waals surface area contributed by atoms with Crippen molar-refractivity contribution in [1.82, 2.24) is 30.5 Å². The Balaban J connectivity index is 1.76. The molecule has 0 aliphatic heterocycles. The minimum Gasteiger partial charge on any atom is -0.350 e. The van der Waals surface area contributed by atoms with Crippen molar-refractivity contribution >= 4 is 17.7 Å². The SMILES string of the molecule is Cc1cccc(C(=O)NCCNC(=O)c2cn(CC(=O)N(C)C)nn2)c1. The van der Waals surface area contributed by atoms with Crippen LogP contribution in [-0.2, 0) is 11.3 Å². The number of aromatic nitrogens is 3. The first kappa shape index (κ1) is 19.1. The molecule has 1 heterocycles. The summed E-state index contributed by atoms with van der Waals surface area (Å²) in [5.41, 5.74) is 1.69. The van der Waals surface area contributed by atoms with Crippen molar-refractivity contribution in [2.45, 2.75) is 13.5 Å². The van der Waals surface area contributed by atoms with Gasteiger partial charge in [0, 0.05) is 32.7 Å². The molecule has 0 unspecified atom stereocenters. The van der Waals surface area contributed by atoms with Crippen molar-refractivity contribution in [2.24, 2.45) is 0 Å². The average molecular weight is 358 g/mol. The van der Waals surface area contributed by atoms with Gasteiger partial charge in [-0.05, 0) is 19.1 Å². The first-order chi connectivity index (χ1) is 12.4. The summed E-state index contributed by atoms with van der Waals surface area (Å²) in [7, 11) is 3.27. The molecular formula is C17H22N6O3. The van der Waals surface area contributed by atoms with Crippen molar-refractivity contribution in [2.75, 3.05) is 27.2 Å². The molecule has 0 saturated carbocycles. The highest BCUT2D eigenvalue weighted by Crippen LogP contribution is 2.03. The lowest BCUT2D eigenvalue weighted by atomic mass is 10.1. The van der Waals surface area contributed by atoms with Crippen molar-refractivity contribution in [3.8, 4) is 0 Å². The van der Waals surface area contributed by atoms with Crippen LogP contribution >= 0.6 is 0 Å². The van der Waals surface area contributed by atoms with E-state index >= 15 is 0 Å². The number of hydrogen-bond donors (Lipinski definition) is 2. The molecule has 0 spiro atoms. The Morgan fingerprint density at radius 2 is 1.81 bits per heavy atom. The van der Waals surface area contributed by atoms with E-state index < -0.39 is 5.91 Å². The molecular weight excluding hydrogens is 336 g/mol. The molecule has 0 bridgehead atoms. The van der Waals surface area contributed by atoms with Crippen LogP contribution in [0.5, 0.6) is 0 Å². The van der Waals surface area contributed by atoms with E-state index in [1.807, 2.05) is 19.1 Å². The van der Waals surface area contributed by atoms with Crippen molar-refractivity contribution in [1.29, 1.82) is 0 Å². The zero-order valence-corrected chi connectivity index (χ0v) is 15.0. The summed E-state index contributed by atoms with van der Waals surface area (Å²) in [6.45, 7) is 2.46. The van der Waals surface area contributed by atoms with Crippen molar-refractivity contribution < 1.29 is 14.4 Å². The van der Waals surface area contributed by atoms with Gasteiger partial charge in [0.2, 0.25) is 5.91 Å². The summed E-state index contributed by atoms with van der Waals surface area (Å²) >= 11 is 0. The molecule has 1 aromatic carbocycles. The van der Waals surface area contributed by atoms with E-state index in [1.165, 1.54) is 15.8 Å². The zero-order valence-electron chi connectivity index (χ0n) is 15.0. The molecule has 0 fully saturated rings. The number of aryl methyl sites for hydroxylation is 1. The number of benzene rings is 1. The second kappa shape index (κ2) is 8.75. The molecule has 26 heavy (non-hydrogen) atoms. The van der Waals surface area contributed by atoms with Crippen LogP contribution in [-0.4, -0.2) is 64.8 Å². The Morgan fingerprint density at radius 1 is 1.12 bits per heavy atom. The van der Waals surface area contributed by atoms with Crippen LogP contribution in [0.4, 0.5) is 0 Å². The number of nitrogens with one attached hydrogen (secondary N) is 2. The number of rotatable bonds is 7. The largest absolute Gasteiger partial charge is 0.350 e. The van der Waals surface area contributed by atoms with E-state index in [2.05, 4.69) is 20.9 Å². The maximum atomic E-state index is 12.0. The van der Waals surface area contributed by atoms with E-state index in [0.717, 1.165) is 5.56 Å². The Bertz CT molecular complexity index is 799. The summed E-state index contributed by atoms with van der Waals surface area (Å²) in [6.07, 6.45) is 1.40. The van der Waals surface area contributed by atoms with Gasteiger partial charge in [0.15, 0.2) is 5.69 Å². The van der Waals surface area contributed by atoms with Gasteiger partial charge in [-0.25, -0.2) is 4.68 Å². The van der Waals surface area contributed by atoms with Gasteiger partial charge >= 0.3 is 0 Å². The van der Waals surface area contributed by atoms with E-state index in [1.54, 1.807) is 26.2 Å². The monoisotopic (exact) mass is 358 g/mol. The van der Waals surface area contributed by atoms with Gasteiger partial charge in [-0.15, -0.1) is 5.10 Å². The maximum Gasteiger partial charge on any atom is 0.273 e. The van der Waals surface area contributed by atoms with E-state index in [-0.39, 0.29) is 37.1 Å². The lowest BCUT2D eigenvalue weighted by Crippen LogP contribution is -2.34. The fourth-order valence-corrected chi connectivity index (χ4v) is 2.09. The summed E-state index contributed by atoms with van der Waals surface area (Å²) in [5, 5.41) is 12.9. The number of carbonyl (C=O) groups is 3. The predicted octanol–water partition coefficient (Wildman–Crippen LogP) is -0.165. The smallest absolute Gasteiger partial charge is 0.273 e. The number of hydrogen-bond acceptors (Lipinski definition) is 5. The van der Waals surface area contributed by atoms with Gasteiger partial charge in [0.1, 0.15) is 6.54 Å². The molecule has 2 rings (SSSR count). The van der Waals surface area contributed by atoms with Crippen LogP contribution in [0.15, 0.2) is 30.5 Å². The molecule has 2 aromatic rings. The number of amides is 3. The fourth-order valence-electron chi connectivity index (χ4n) is 2.09. The molecule has 0 aliphatic rings. The van der Waals surface area contributed by atoms with Gasteiger partial charge in [-0.2, -0.15) is 0 Å². The van der Waals surface area contributed by atoms with E-state index in [0.29, 0.717) is 5.56 Å². The molecule has 3 amide bonds. The molecule has 0 radical (unpaired) electrons. The summed E-state index contributed by atoms with van der Waals surface area (Å²) in [5.74, 6) is -0.768. The van der Waals surface area contributed by atoms with Crippen LogP contribution in [0, 0.1) is 6.92 Å². The highest BCUT2D eigenvalue weighted by atomic mass is 16.2. The molecule has 0 atom stereocenters. The second-order valence-electron chi connectivity index (χ2n) is 5.97. The van der Waals surface area contributed by atoms with Gasteiger partial charge < -0.3 is 15.5 Å². The quantitative estimate of drug-likeness (QED) is 0.668. The molecule has 0 saturated heterocycles. The lowest BCUT2D eigenvalue weighted by molar-refractivity contribution is -0.129. The molecule has 0 aliphatic carbocycles. The number of carbonyl (C=O) groups excluding carboxylic acids is 3. The Morgan fingerprint density at radius 3 is 2.46 bits per heavy atom. The third-order valence-corrected chi connectivity index (χ3v) is 3.54. The first-order valence-electron chi connectivity index (χ1n) is 8.10. The van der Waals surface area contributed by atoms with Crippen LogP contribution in [0.25, 0.3) is 0 Å². The second-order valence-corrected chi connectivity index (χ2v) is 5.97. The Hall–Kier alpha value is -3.23. The van der Waals surface area contributed by atoms with Crippen LogP contribution in [0.3, 0.4) is 0 Å².